The number of halogens is 1. The Bertz CT molecular complexity index is 1110. The lowest BCUT2D eigenvalue weighted by atomic mass is 10.1. The molecule has 0 spiro atoms. The van der Waals surface area contributed by atoms with Crippen LogP contribution in [0.15, 0.2) is 51.5 Å². The molecule has 0 radical (unpaired) electrons. The van der Waals surface area contributed by atoms with Crippen LogP contribution in [0.3, 0.4) is 0 Å². The van der Waals surface area contributed by atoms with Crippen LogP contribution in [0, 0.1) is 0 Å². The highest BCUT2D eigenvalue weighted by Gasteiger charge is 2.29. The van der Waals surface area contributed by atoms with Crippen LogP contribution in [0.1, 0.15) is 29.8 Å². The molecule has 0 saturated carbocycles. The zero-order valence-electron chi connectivity index (χ0n) is 16.3. The molecule has 2 aromatic carbocycles. The molecule has 1 N–H and O–H groups in total. The van der Waals surface area contributed by atoms with Crippen molar-refractivity contribution in [1.82, 2.24) is 0 Å². The molecule has 8 nitrogen and oxygen atoms in total. The average Bonchev–Trinajstić information content (AvgIpc) is 2.97. The van der Waals surface area contributed by atoms with Crippen molar-refractivity contribution in [2.24, 2.45) is 5.10 Å². The summed E-state index contributed by atoms with van der Waals surface area (Å²) in [6.45, 7) is 2.99. The van der Waals surface area contributed by atoms with Crippen molar-refractivity contribution in [2.45, 2.75) is 13.8 Å². The molecule has 0 fully saturated rings. The van der Waals surface area contributed by atoms with E-state index in [-0.39, 0.29) is 17.2 Å². The number of esters is 1. The van der Waals surface area contributed by atoms with Crippen LogP contribution in [0.25, 0.3) is 6.08 Å². The largest absolute Gasteiger partial charge is 0.493 e. The molecule has 9 heteroatoms. The fourth-order valence-electron chi connectivity index (χ4n) is 2.82. The SMILES string of the molecule is COc1cc(/C=C2\C(=O)N(c3ccc(C(=O)O)cc3)N=C2C)c(Br)cc1OC(C)=O. The van der Waals surface area contributed by atoms with E-state index in [1.54, 1.807) is 25.1 Å². The molecular weight excluding hydrogens is 456 g/mol. The summed E-state index contributed by atoms with van der Waals surface area (Å²) in [7, 11) is 1.45. The van der Waals surface area contributed by atoms with E-state index in [1.165, 1.54) is 43.3 Å². The lowest BCUT2D eigenvalue weighted by Gasteiger charge is -2.12. The van der Waals surface area contributed by atoms with Gasteiger partial charge in [0, 0.05) is 11.4 Å². The molecule has 154 valence electrons. The fourth-order valence-corrected chi connectivity index (χ4v) is 3.25. The van der Waals surface area contributed by atoms with Gasteiger partial charge in [-0.3, -0.25) is 9.59 Å². The molecule has 1 amide bonds. The van der Waals surface area contributed by atoms with Crippen molar-refractivity contribution in [1.29, 1.82) is 0 Å². The fraction of sp³-hybridized carbons (Fsp3) is 0.143. The number of carbonyl (C=O) groups is 3. The topological polar surface area (TPSA) is 106 Å². The number of carboxylic acids is 1. The number of hydrogen-bond acceptors (Lipinski definition) is 6. The number of methoxy groups -OCH3 is 1. The van der Waals surface area contributed by atoms with Crippen LogP contribution in [-0.4, -0.2) is 35.8 Å². The summed E-state index contributed by atoms with van der Waals surface area (Å²) in [6, 6.07) is 9.09. The Morgan fingerprint density at radius 3 is 2.40 bits per heavy atom. The minimum atomic E-state index is -1.05. The number of benzene rings is 2. The molecule has 1 aliphatic rings. The summed E-state index contributed by atoms with van der Waals surface area (Å²) < 4.78 is 11.0. The van der Waals surface area contributed by atoms with Gasteiger partial charge >= 0.3 is 11.9 Å². The van der Waals surface area contributed by atoms with Gasteiger partial charge in [-0.15, -0.1) is 0 Å². The third kappa shape index (κ3) is 4.25. The number of amides is 1. The molecule has 1 aliphatic heterocycles. The van der Waals surface area contributed by atoms with E-state index in [4.69, 9.17) is 14.6 Å². The van der Waals surface area contributed by atoms with Gasteiger partial charge in [0.2, 0.25) is 0 Å². The van der Waals surface area contributed by atoms with E-state index in [0.29, 0.717) is 32.8 Å². The molecule has 30 heavy (non-hydrogen) atoms. The van der Waals surface area contributed by atoms with Gasteiger partial charge in [0.1, 0.15) is 0 Å². The van der Waals surface area contributed by atoms with Gasteiger partial charge in [0.15, 0.2) is 11.5 Å². The van der Waals surface area contributed by atoms with Crippen LogP contribution in [0.5, 0.6) is 11.5 Å². The van der Waals surface area contributed by atoms with Gasteiger partial charge in [-0.25, -0.2) is 4.79 Å². The number of hydrogen-bond donors (Lipinski definition) is 1. The lowest BCUT2D eigenvalue weighted by Crippen LogP contribution is -2.21. The first-order valence-electron chi connectivity index (χ1n) is 8.72. The standard InChI is InChI=1S/C21H17BrN2O6/c1-11-16(8-14-9-18(29-3)19(10-17(14)22)30-12(2)25)20(26)24(23-11)15-6-4-13(5-7-15)21(27)28/h4-10H,1-3H3,(H,27,28)/b16-8-. The summed E-state index contributed by atoms with van der Waals surface area (Å²) in [5, 5.41) is 14.5. The Morgan fingerprint density at radius 2 is 1.83 bits per heavy atom. The highest BCUT2D eigenvalue weighted by Crippen LogP contribution is 2.35. The number of carbonyl (C=O) groups excluding carboxylic acids is 2. The Morgan fingerprint density at radius 1 is 1.17 bits per heavy atom. The first-order chi connectivity index (χ1) is 14.2. The molecule has 0 saturated heterocycles. The van der Waals surface area contributed by atoms with Gasteiger partial charge in [-0.2, -0.15) is 10.1 Å². The first kappa shape index (κ1) is 21.3. The highest BCUT2D eigenvalue weighted by molar-refractivity contribution is 9.10. The van der Waals surface area contributed by atoms with E-state index >= 15 is 0 Å². The summed E-state index contributed by atoms with van der Waals surface area (Å²) in [4.78, 5) is 35.2. The Labute approximate surface area is 180 Å². The molecule has 1 heterocycles. The molecule has 0 aliphatic carbocycles. The minimum absolute atomic E-state index is 0.116. The molecule has 2 aromatic rings. The Kier molecular flexibility index (Phi) is 6.02. The number of hydrazone groups is 1. The molecule has 0 atom stereocenters. The second-order valence-electron chi connectivity index (χ2n) is 6.33. The maximum atomic E-state index is 12.9. The second kappa shape index (κ2) is 8.50. The molecule has 0 unspecified atom stereocenters. The zero-order chi connectivity index (χ0) is 22.0. The molecule has 0 bridgehead atoms. The van der Waals surface area contributed by atoms with E-state index in [0.717, 1.165) is 0 Å². The summed E-state index contributed by atoms with van der Waals surface area (Å²) in [5.41, 5.74) is 2.06. The maximum absolute atomic E-state index is 12.9. The van der Waals surface area contributed by atoms with Gasteiger partial charge in [0.25, 0.3) is 5.91 Å². The zero-order valence-corrected chi connectivity index (χ0v) is 17.9. The predicted octanol–water partition coefficient (Wildman–Crippen LogP) is 3.89. The van der Waals surface area contributed by atoms with Gasteiger partial charge in [-0.1, -0.05) is 15.9 Å². The quantitative estimate of drug-likeness (QED) is 0.402. The van der Waals surface area contributed by atoms with Crippen molar-refractivity contribution >= 4 is 51.3 Å². The summed E-state index contributed by atoms with van der Waals surface area (Å²) in [5.74, 6) is -1.30. The van der Waals surface area contributed by atoms with Gasteiger partial charge in [0.05, 0.1) is 29.6 Å². The van der Waals surface area contributed by atoms with Crippen molar-refractivity contribution in [3.8, 4) is 11.5 Å². The second-order valence-corrected chi connectivity index (χ2v) is 7.18. The van der Waals surface area contributed by atoms with Crippen molar-refractivity contribution in [3.63, 3.8) is 0 Å². The number of rotatable bonds is 5. The average molecular weight is 473 g/mol. The molecular formula is C21H17BrN2O6. The first-order valence-corrected chi connectivity index (χ1v) is 9.51. The van der Waals surface area contributed by atoms with Gasteiger partial charge < -0.3 is 14.6 Å². The van der Waals surface area contributed by atoms with Crippen molar-refractivity contribution in [3.05, 3.63) is 57.6 Å². The predicted molar refractivity (Wildman–Crippen MR) is 114 cm³/mol. The number of anilines is 1. The Hall–Kier alpha value is -3.46. The maximum Gasteiger partial charge on any atom is 0.335 e. The normalized spacial score (nSPS) is 14.7. The highest BCUT2D eigenvalue weighted by atomic mass is 79.9. The van der Waals surface area contributed by atoms with Crippen LogP contribution in [0.2, 0.25) is 0 Å². The van der Waals surface area contributed by atoms with E-state index in [9.17, 15) is 14.4 Å². The third-order valence-corrected chi connectivity index (χ3v) is 4.94. The minimum Gasteiger partial charge on any atom is -0.493 e. The number of nitrogens with zero attached hydrogens (tertiary/aromatic N) is 2. The van der Waals surface area contributed by atoms with E-state index < -0.39 is 11.9 Å². The Balaban J connectivity index is 1.95. The molecule has 0 aromatic heterocycles. The van der Waals surface area contributed by atoms with Crippen LogP contribution in [-0.2, 0) is 9.59 Å². The van der Waals surface area contributed by atoms with Crippen LogP contribution >= 0.6 is 15.9 Å². The number of carboxylic acid groups (broad SMARTS) is 1. The van der Waals surface area contributed by atoms with E-state index in [1.807, 2.05) is 0 Å². The van der Waals surface area contributed by atoms with Crippen LogP contribution < -0.4 is 14.5 Å². The molecule has 3 rings (SSSR count). The van der Waals surface area contributed by atoms with E-state index in [2.05, 4.69) is 21.0 Å². The smallest absolute Gasteiger partial charge is 0.335 e. The number of aromatic carboxylic acids is 1. The number of ether oxygens (including phenoxy) is 2. The van der Waals surface area contributed by atoms with Crippen molar-refractivity contribution in [2.75, 3.05) is 12.1 Å². The van der Waals surface area contributed by atoms with Crippen molar-refractivity contribution < 1.29 is 29.0 Å². The lowest BCUT2D eigenvalue weighted by molar-refractivity contribution is -0.132. The summed E-state index contributed by atoms with van der Waals surface area (Å²) >= 11 is 3.42. The van der Waals surface area contributed by atoms with Gasteiger partial charge in [-0.05, 0) is 55.0 Å². The van der Waals surface area contributed by atoms with Crippen LogP contribution in [0.4, 0.5) is 5.69 Å². The third-order valence-electron chi connectivity index (χ3n) is 4.26. The summed E-state index contributed by atoms with van der Waals surface area (Å²) in [6.07, 6.45) is 1.65. The monoisotopic (exact) mass is 472 g/mol.